The van der Waals surface area contributed by atoms with Crippen LogP contribution in [0.5, 0.6) is 0 Å². The van der Waals surface area contributed by atoms with Crippen LogP contribution in [0.2, 0.25) is 0 Å². The second kappa shape index (κ2) is 11.8. The fourth-order valence-corrected chi connectivity index (χ4v) is 3.39. The number of hydrogen-bond donors (Lipinski definition) is 1. The van der Waals surface area contributed by atoms with E-state index in [0.29, 0.717) is 0 Å². The Kier molecular flexibility index (Phi) is 10.5. The Morgan fingerprint density at radius 1 is 0.842 bits per heavy atom. The number of hydrogen-bond acceptors (Lipinski definition) is 1. The van der Waals surface area contributed by atoms with E-state index in [4.69, 9.17) is 0 Å². The van der Waals surface area contributed by atoms with Crippen LogP contribution >= 0.6 is 0 Å². The molecule has 1 fully saturated rings. The van der Waals surface area contributed by atoms with E-state index in [0.717, 1.165) is 18.8 Å². The molecule has 1 unspecified atom stereocenters. The molecule has 0 amide bonds. The molecule has 1 saturated carbocycles. The Morgan fingerprint density at radius 2 is 1.42 bits per heavy atom. The first-order valence-corrected chi connectivity index (χ1v) is 9.01. The van der Waals surface area contributed by atoms with E-state index in [1.165, 1.54) is 83.5 Å². The first-order valence-electron chi connectivity index (χ1n) is 9.01. The van der Waals surface area contributed by atoms with Crippen molar-refractivity contribution in [3.8, 4) is 0 Å². The SMILES string of the molecule is CCCCCCCCCCC(O)CCC1CCCC1. The summed E-state index contributed by atoms with van der Waals surface area (Å²) in [7, 11) is 0. The third-order valence-electron chi connectivity index (χ3n) is 4.77. The van der Waals surface area contributed by atoms with E-state index in [2.05, 4.69) is 6.92 Å². The molecule has 0 aromatic heterocycles. The van der Waals surface area contributed by atoms with Crippen molar-refractivity contribution in [1.82, 2.24) is 0 Å². The molecular weight excluding hydrogens is 232 g/mol. The fraction of sp³-hybridized carbons (Fsp3) is 1.00. The molecule has 0 spiro atoms. The van der Waals surface area contributed by atoms with Gasteiger partial charge in [-0.25, -0.2) is 0 Å². The monoisotopic (exact) mass is 268 g/mol. The van der Waals surface area contributed by atoms with Gasteiger partial charge in [0.25, 0.3) is 0 Å². The van der Waals surface area contributed by atoms with Crippen LogP contribution in [-0.2, 0) is 0 Å². The lowest BCUT2D eigenvalue weighted by molar-refractivity contribution is 0.141. The van der Waals surface area contributed by atoms with E-state index in [9.17, 15) is 5.11 Å². The van der Waals surface area contributed by atoms with Crippen molar-refractivity contribution in [3.05, 3.63) is 0 Å². The van der Waals surface area contributed by atoms with E-state index in [1.807, 2.05) is 0 Å². The maximum Gasteiger partial charge on any atom is 0.0540 e. The van der Waals surface area contributed by atoms with Gasteiger partial charge in [0.15, 0.2) is 0 Å². The van der Waals surface area contributed by atoms with Gasteiger partial charge in [-0.1, -0.05) is 84.0 Å². The largest absolute Gasteiger partial charge is 0.393 e. The highest BCUT2D eigenvalue weighted by molar-refractivity contribution is 4.69. The highest BCUT2D eigenvalue weighted by atomic mass is 16.3. The number of aliphatic hydroxyl groups is 1. The summed E-state index contributed by atoms with van der Waals surface area (Å²) in [4.78, 5) is 0. The van der Waals surface area contributed by atoms with Crippen LogP contribution in [0.25, 0.3) is 0 Å². The molecule has 1 rings (SSSR count). The van der Waals surface area contributed by atoms with Crippen LogP contribution < -0.4 is 0 Å². The van der Waals surface area contributed by atoms with Crippen LogP contribution in [0.4, 0.5) is 0 Å². The van der Waals surface area contributed by atoms with Gasteiger partial charge in [-0.2, -0.15) is 0 Å². The third-order valence-corrected chi connectivity index (χ3v) is 4.77. The lowest BCUT2D eigenvalue weighted by atomic mass is 9.97. The van der Waals surface area contributed by atoms with Gasteiger partial charge in [0.2, 0.25) is 0 Å². The Balaban J connectivity index is 1.80. The molecule has 0 radical (unpaired) electrons. The molecule has 0 saturated heterocycles. The summed E-state index contributed by atoms with van der Waals surface area (Å²) >= 11 is 0. The number of unbranched alkanes of at least 4 members (excludes halogenated alkanes) is 7. The summed E-state index contributed by atoms with van der Waals surface area (Å²) in [6, 6.07) is 0. The van der Waals surface area contributed by atoms with Gasteiger partial charge in [0.05, 0.1) is 6.10 Å². The molecule has 1 aliphatic carbocycles. The lowest BCUT2D eigenvalue weighted by Gasteiger charge is -2.13. The van der Waals surface area contributed by atoms with Gasteiger partial charge in [-0.05, 0) is 25.2 Å². The Morgan fingerprint density at radius 3 is 2.05 bits per heavy atom. The molecule has 0 aromatic rings. The fourth-order valence-electron chi connectivity index (χ4n) is 3.39. The standard InChI is InChI=1S/C18H36O/c1-2-3-4-5-6-7-8-9-14-18(19)16-15-17-12-10-11-13-17/h17-19H,2-16H2,1H3. The molecule has 1 atom stereocenters. The molecule has 1 nitrogen and oxygen atoms in total. The molecule has 19 heavy (non-hydrogen) atoms. The highest BCUT2D eigenvalue weighted by Gasteiger charge is 2.16. The zero-order valence-corrected chi connectivity index (χ0v) is 13.2. The van der Waals surface area contributed by atoms with Gasteiger partial charge in [0, 0.05) is 0 Å². The second-order valence-electron chi connectivity index (χ2n) is 6.65. The van der Waals surface area contributed by atoms with Crippen LogP contribution in [-0.4, -0.2) is 11.2 Å². The van der Waals surface area contributed by atoms with Crippen molar-refractivity contribution < 1.29 is 5.11 Å². The van der Waals surface area contributed by atoms with Crippen molar-refractivity contribution in [3.63, 3.8) is 0 Å². The van der Waals surface area contributed by atoms with Crippen molar-refractivity contribution in [2.75, 3.05) is 0 Å². The molecule has 0 heterocycles. The van der Waals surface area contributed by atoms with Gasteiger partial charge in [-0.3, -0.25) is 0 Å². The first kappa shape index (κ1) is 17.0. The van der Waals surface area contributed by atoms with Crippen molar-refractivity contribution in [2.24, 2.45) is 5.92 Å². The zero-order chi connectivity index (χ0) is 13.8. The quantitative estimate of drug-likeness (QED) is 0.440. The van der Waals surface area contributed by atoms with Crippen molar-refractivity contribution in [2.45, 2.75) is 109 Å². The summed E-state index contributed by atoms with van der Waals surface area (Å²) in [5.41, 5.74) is 0. The number of aliphatic hydroxyl groups excluding tert-OH is 1. The molecule has 1 N–H and O–H groups in total. The average Bonchev–Trinajstić information content (AvgIpc) is 2.93. The molecule has 0 bridgehead atoms. The minimum atomic E-state index is -0.0132. The van der Waals surface area contributed by atoms with Crippen molar-refractivity contribution in [1.29, 1.82) is 0 Å². The minimum absolute atomic E-state index is 0.0132. The highest BCUT2D eigenvalue weighted by Crippen LogP contribution is 2.29. The normalized spacial score (nSPS) is 18.0. The maximum absolute atomic E-state index is 9.98. The van der Waals surface area contributed by atoms with Crippen LogP contribution in [0, 0.1) is 5.92 Å². The minimum Gasteiger partial charge on any atom is -0.393 e. The topological polar surface area (TPSA) is 20.2 Å². The summed E-state index contributed by atoms with van der Waals surface area (Å²) in [5.74, 6) is 0.938. The molecule has 1 aliphatic rings. The van der Waals surface area contributed by atoms with E-state index >= 15 is 0 Å². The smallest absolute Gasteiger partial charge is 0.0540 e. The average molecular weight is 268 g/mol. The predicted molar refractivity (Wildman–Crippen MR) is 84.4 cm³/mol. The molecule has 0 aromatic carbocycles. The Hall–Kier alpha value is -0.0400. The third kappa shape index (κ3) is 9.49. The Labute approximate surface area is 121 Å². The number of rotatable bonds is 12. The first-order chi connectivity index (χ1) is 9.33. The molecule has 1 heteroatoms. The zero-order valence-electron chi connectivity index (χ0n) is 13.2. The predicted octanol–water partition coefficient (Wildman–Crippen LogP) is 5.85. The van der Waals surface area contributed by atoms with Gasteiger partial charge >= 0.3 is 0 Å². The molecule has 114 valence electrons. The second-order valence-corrected chi connectivity index (χ2v) is 6.65. The van der Waals surface area contributed by atoms with Crippen LogP contribution in [0.15, 0.2) is 0 Å². The van der Waals surface area contributed by atoms with Gasteiger partial charge in [-0.15, -0.1) is 0 Å². The summed E-state index contributed by atoms with van der Waals surface area (Å²) in [5, 5.41) is 9.98. The molecule has 0 aliphatic heterocycles. The van der Waals surface area contributed by atoms with Crippen LogP contribution in [0.3, 0.4) is 0 Å². The Bertz CT molecular complexity index is 184. The van der Waals surface area contributed by atoms with E-state index < -0.39 is 0 Å². The van der Waals surface area contributed by atoms with E-state index in [1.54, 1.807) is 0 Å². The van der Waals surface area contributed by atoms with Gasteiger partial charge in [0.1, 0.15) is 0 Å². The van der Waals surface area contributed by atoms with Crippen LogP contribution in [0.1, 0.15) is 103 Å². The summed E-state index contributed by atoms with van der Waals surface area (Å²) in [6.45, 7) is 2.27. The van der Waals surface area contributed by atoms with Gasteiger partial charge < -0.3 is 5.11 Å². The maximum atomic E-state index is 9.98. The molecular formula is C18H36O. The van der Waals surface area contributed by atoms with E-state index in [-0.39, 0.29) is 6.10 Å². The van der Waals surface area contributed by atoms with Crippen molar-refractivity contribution >= 4 is 0 Å². The summed E-state index contributed by atoms with van der Waals surface area (Å²) < 4.78 is 0. The lowest BCUT2D eigenvalue weighted by Crippen LogP contribution is -2.08. The summed E-state index contributed by atoms with van der Waals surface area (Å²) in [6.07, 6.45) is 20.0.